The summed E-state index contributed by atoms with van der Waals surface area (Å²) < 4.78 is 19.0. The number of benzene rings is 1. The van der Waals surface area contributed by atoms with E-state index in [1.54, 1.807) is 88.9 Å². The Hall–Kier alpha value is -3.84. The molecular weight excluding hydrogens is 536 g/mol. The minimum absolute atomic E-state index is 0.164. The predicted octanol–water partition coefficient (Wildman–Crippen LogP) is 3.48. The van der Waals surface area contributed by atoms with Gasteiger partial charge < -0.3 is 33.8 Å². The summed E-state index contributed by atoms with van der Waals surface area (Å²) in [5.74, 6) is -0.304. The van der Waals surface area contributed by atoms with Crippen molar-refractivity contribution in [2.75, 3.05) is 19.8 Å². The molecule has 0 aliphatic carbocycles. The van der Waals surface area contributed by atoms with Gasteiger partial charge in [0.15, 0.2) is 6.10 Å². The highest BCUT2D eigenvalue weighted by atomic mass is 17.2. The van der Waals surface area contributed by atoms with Gasteiger partial charge in [0, 0.05) is 26.3 Å². The van der Waals surface area contributed by atoms with Crippen LogP contribution in [0, 0.1) is 0 Å². The lowest BCUT2D eigenvalue weighted by molar-refractivity contribution is -0.298. The molecule has 2 N–H and O–H groups in total. The molecule has 0 fully saturated rings. The molecule has 0 saturated heterocycles. The molecule has 0 bridgehead atoms. The number of hydrogen-bond donors (Lipinski definition) is 2. The first-order chi connectivity index (χ1) is 19.1. The molecule has 2 rings (SSSR count). The van der Waals surface area contributed by atoms with Gasteiger partial charge in [-0.3, -0.25) is 4.89 Å². The third-order valence-electron chi connectivity index (χ3n) is 5.11. The summed E-state index contributed by atoms with van der Waals surface area (Å²) in [4.78, 5) is 50.0. The van der Waals surface area contributed by atoms with Crippen LogP contribution < -0.4 is 15.7 Å². The fraction of sp³-hybridized carbons (Fsp3) is 0.571. The number of carbonyl (C=O) groups is 3. The molecule has 0 spiro atoms. The zero-order valence-electron chi connectivity index (χ0n) is 25.1. The Bertz CT molecular complexity index is 1240. The topological polar surface area (TPSA) is 152 Å². The van der Waals surface area contributed by atoms with Crippen molar-refractivity contribution in [3.63, 3.8) is 0 Å². The molecule has 2 aromatic rings. The fourth-order valence-corrected chi connectivity index (χ4v) is 3.38. The van der Waals surface area contributed by atoms with Crippen molar-refractivity contribution in [3.05, 3.63) is 36.1 Å². The van der Waals surface area contributed by atoms with E-state index >= 15 is 0 Å². The summed E-state index contributed by atoms with van der Waals surface area (Å²) in [5.41, 5.74) is 0.511. The summed E-state index contributed by atoms with van der Waals surface area (Å²) in [6, 6.07) is 6.97. The number of ether oxygens (including phenoxy) is 3. The van der Waals surface area contributed by atoms with Crippen LogP contribution in [0.5, 0.6) is 5.75 Å². The van der Waals surface area contributed by atoms with Gasteiger partial charge >= 0.3 is 18.2 Å². The number of nitrogens with zero attached hydrogens (tertiary/aromatic N) is 3. The smallest absolute Gasteiger partial charge is 0.468 e. The quantitative estimate of drug-likeness (QED) is 0.177. The molecule has 1 atom stereocenters. The highest BCUT2D eigenvalue weighted by Crippen LogP contribution is 2.22. The third kappa shape index (κ3) is 11.7. The number of hydrogen-bond acceptors (Lipinski definition) is 9. The van der Waals surface area contributed by atoms with Gasteiger partial charge in [-0.25, -0.2) is 14.4 Å². The minimum Gasteiger partial charge on any atom is -0.490 e. The SMILES string of the molecule is CCOC(=O)[C@H](O)COc1ccc(-c2cn(CCCNC(=O)OC(C)(C)C)/c(=N\C(=O)OOC(C)(C)C)n2C)cc1. The Morgan fingerprint density at radius 3 is 2.29 bits per heavy atom. The van der Waals surface area contributed by atoms with Crippen LogP contribution in [0.3, 0.4) is 0 Å². The maximum absolute atomic E-state index is 12.4. The molecule has 0 unspecified atom stereocenters. The van der Waals surface area contributed by atoms with Crippen molar-refractivity contribution in [1.82, 2.24) is 14.5 Å². The molecule has 0 aliphatic rings. The average Bonchev–Trinajstić information content (AvgIpc) is 3.17. The zero-order chi connectivity index (χ0) is 30.8. The lowest BCUT2D eigenvalue weighted by Crippen LogP contribution is -2.34. The van der Waals surface area contributed by atoms with Gasteiger partial charge in [-0.05, 0) is 84.7 Å². The van der Waals surface area contributed by atoms with Crippen molar-refractivity contribution in [1.29, 1.82) is 0 Å². The maximum Gasteiger partial charge on any atom is 0.468 e. The van der Waals surface area contributed by atoms with E-state index in [4.69, 9.17) is 24.0 Å². The van der Waals surface area contributed by atoms with Crippen molar-refractivity contribution in [3.8, 4) is 17.0 Å². The van der Waals surface area contributed by atoms with Crippen LogP contribution in [0.4, 0.5) is 9.59 Å². The minimum atomic E-state index is -1.39. The Balaban J connectivity index is 2.22. The third-order valence-corrected chi connectivity index (χ3v) is 5.11. The molecule has 1 aromatic carbocycles. The number of amides is 2. The lowest BCUT2D eigenvalue weighted by Gasteiger charge is -2.19. The Morgan fingerprint density at radius 2 is 1.71 bits per heavy atom. The molecule has 1 aromatic heterocycles. The number of aliphatic hydroxyl groups excluding tert-OH is 1. The zero-order valence-corrected chi connectivity index (χ0v) is 25.1. The summed E-state index contributed by atoms with van der Waals surface area (Å²) in [6.45, 7) is 12.9. The van der Waals surface area contributed by atoms with E-state index in [1.807, 2.05) is 6.20 Å². The van der Waals surface area contributed by atoms with Gasteiger partial charge in [0.2, 0.25) is 5.62 Å². The van der Waals surface area contributed by atoms with Crippen molar-refractivity contribution >= 4 is 18.2 Å². The normalized spacial score (nSPS) is 13.0. The molecule has 0 aliphatic heterocycles. The summed E-state index contributed by atoms with van der Waals surface area (Å²) in [7, 11) is 1.75. The summed E-state index contributed by atoms with van der Waals surface area (Å²) in [5, 5.41) is 12.6. The second-order valence-corrected chi connectivity index (χ2v) is 11.1. The first kappa shape index (κ1) is 33.4. The molecule has 2 amide bonds. The second kappa shape index (κ2) is 14.7. The number of imidazole rings is 1. The number of rotatable bonds is 11. The van der Waals surface area contributed by atoms with E-state index < -0.39 is 35.5 Å². The van der Waals surface area contributed by atoms with Crippen molar-refractivity contribution in [2.24, 2.45) is 12.0 Å². The summed E-state index contributed by atoms with van der Waals surface area (Å²) in [6.07, 6.45) is -0.473. The van der Waals surface area contributed by atoms with Crippen LogP contribution in [0.2, 0.25) is 0 Å². The second-order valence-electron chi connectivity index (χ2n) is 11.1. The number of aliphatic hydroxyl groups is 1. The van der Waals surface area contributed by atoms with Crippen LogP contribution in [-0.4, -0.2) is 69.5 Å². The Labute approximate surface area is 239 Å². The van der Waals surface area contributed by atoms with Crippen LogP contribution in [-0.2, 0) is 37.6 Å². The number of aryl methyl sites for hydroxylation is 1. The molecule has 13 heteroatoms. The predicted molar refractivity (Wildman–Crippen MR) is 149 cm³/mol. The lowest BCUT2D eigenvalue weighted by atomic mass is 10.1. The van der Waals surface area contributed by atoms with Gasteiger partial charge in [0.05, 0.1) is 12.3 Å². The molecule has 41 heavy (non-hydrogen) atoms. The molecule has 0 saturated carbocycles. The Kier molecular flexibility index (Phi) is 12.0. The Morgan fingerprint density at radius 1 is 1.05 bits per heavy atom. The van der Waals surface area contributed by atoms with E-state index in [0.717, 1.165) is 11.3 Å². The van der Waals surface area contributed by atoms with Gasteiger partial charge in [-0.2, -0.15) is 4.89 Å². The number of carbonyl (C=O) groups excluding carboxylic acids is 3. The molecular formula is C28H42N4O9. The van der Waals surface area contributed by atoms with Gasteiger partial charge in [0.25, 0.3) is 0 Å². The maximum atomic E-state index is 12.4. The van der Waals surface area contributed by atoms with E-state index in [1.165, 1.54) is 0 Å². The molecule has 228 valence electrons. The van der Waals surface area contributed by atoms with Crippen molar-refractivity contribution in [2.45, 2.75) is 78.7 Å². The van der Waals surface area contributed by atoms with E-state index in [-0.39, 0.29) is 13.2 Å². The van der Waals surface area contributed by atoms with Gasteiger partial charge in [-0.1, -0.05) is 0 Å². The summed E-state index contributed by atoms with van der Waals surface area (Å²) >= 11 is 0. The number of alkyl carbamates (subject to hydrolysis) is 1. The van der Waals surface area contributed by atoms with E-state index in [2.05, 4.69) is 10.3 Å². The van der Waals surface area contributed by atoms with Crippen LogP contribution in [0.15, 0.2) is 35.5 Å². The largest absolute Gasteiger partial charge is 0.490 e. The average molecular weight is 579 g/mol. The van der Waals surface area contributed by atoms with Crippen LogP contribution in [0.25, 0.3) is 11.3 Å². The van der Waals surface area contributed by atoms with E-state index in [9.17, 15) is 19.5 Å². The molecule has 13 nitrogen and oxygen atoms in total. The van der Waals surface area contributed by atoms with E-state index in [0.29, 0.717) is 30.9 Å². The highest BCUT2D eigenvalue weighted by Gasteiger charge is 2.19. The van der Waals surface area contributed by atoms with Gasteiger partial charge in [0.1, 0.15) is 23.6 Å². The highest BCUT2D eigenvalue weighted by molar-refractivity contribution is 5.74. The van der Waals surface area contributed by atoms with Gasteiger partial charge in [-0.15, -0.1) is 4.99 Å². The first-order valence-electron chi connectivity index (χ1n) is 13.3. The van der Waals surface area contributed by atoms with Crippen LogP contribution >= 0.6 is 0 Å². The number of nitrogens with one attached hydrogen (secondary N) is 1. The van der Waals surface area contributed by atoms with Crippen molar-refractivity contribution < 1.29 is 43.5 Å². The standard InChI is InChI=1S/C28H42N4O9/c1-9-37-23(34)22(33)18-38-20-13-11-19(12-14-20)21-17-32(16-10-15-29-25(35)39-27(2,3)4)24(31(21)8)30-26(36)40-41-28(5,6)7/h11-14,17,22,33H,9-10,15-16,18H2,1-8H3,(H,29,35)/b30-24-/t22-/m1/s1. The number of aromatic nitrogens is 2. The fourth-order valence-electron chi connectivity index (χ4n) is 3.38. The number of esters is 1. The molecule has 1 heterocycles. The molecule has 0 radical (unpaired) electrons. The van der Waals surface area contributed by atoms with Crippen LogP contribution in [0.1, 0.15) is 54.9 Å². The monoisotopic (exact) mass is 578 g/mol. The first-order valence-corrected chi connectivity index (χ1v) is 13.3.